The second kappa shape index (κ2) is 14.7. The van der Waals surface area contributed by atoms with Crippen LogP contribution in [0.2, 0.25) is 0 Å². The lowest BCUT2D eigenvalue weighted by Gasteiger charge is -2.28. The Kier molecular flexibility index (Phi) is 11.9. The Morgan fingerprint density at radius 2 is 1.50 bits per heavy atom. The van der Waals surface area contributed by atoms with Gasteiger partial charge in [-0.25, -0.2) is 0 Å². The predicted molar refractivity (Wildman–Crippen MR) is 130 cm³/mol. The van der Waals surface area contributed by atoms with Crippen LogP contribution in [0.3, 0.4) is 0 Å². The van der Waals surface area contributed by atoms with Gasteiger partial charge in [-0.2, -0.15) is 0 Å². The van der Waals surface area contributed by atoms with Crippen LogP contribution in [0.5, 0.6) is 5.75 Å². The average molecular weight is 441 g/mol. The molecule has 2 aromatic rings. The molecule has 0 spiro atoms. The molecule has 0 radical (unpaired) electrons. The highest BCUT2D eigenvalue weighted by atomic mass is 16.7. The zero-order valence-corrected chi connectivity index (χ0v) is 20.2. The minimum absolute atomic E-state index is 0.323. The van der Waals surface area contributed by atoms with E-state index in [0.29, 0.717) is 31.5 Å². The van der Waals surface area contributed by atoms with E-state index in [9.17, 15) is 4.79 Å². The Labute approximate surface area is 194 Å². The topological polar surface area (TPSA) is 44.8 Å². The normalized spacial score (nSPS) is 15.8. The van der Waals surface area contributed by atoms with Gasteiger partial charge in [-0.05, 0) is 56.7 Å². The fourth-order valence-electron chi connectivity index (χ4n) is 3.84. The van der Waals surface area contributed by atoms with Gasteiger partial charge in [0.15, 0.2) is 0 Å². The van der Waals surface area contributed by atoms with Gasteiger partial charge in [-0.15, -0.1) is 0 Å². The standard InChI is InChI=1S/C17H24O4.C11H16/c1-14-7-9-16(10-8-14)19-11-12-20-17(21-13-18)15-5-3-2-4-6-15;1-4-10(3)11-7-5-9(2)6-8-11/h7-10,13,15,17H,2-6,11-12H2,1H3;5-8,10H,4H2,1-3H3. The summed E-state index contributed by atoms with van der Waals surface area (Å²) >= 11 is 0. The maximum Gasteiger partial charge on any atom is 0.295 e. The fraction of sp³-hybridized carbons (Fsp3) is 0.536. The Morgan fingerprint density at radius 3 is 2.06 bits per heavy atom. The minimum Gasteiger partial charge on any atom is -0.491 e. The van der Waals surface area contributed by atoms with E-state index >= 15 is 0 Å². The van der Waals surface area contributed by atoms with Gasteiger partial charge in [0.2, 0.25) is 6.29 Å². The van der Waals surface area contributed by atoms with Crippen molar-refractivity contribution in [2.75, 3.05) is 13.2 Å². The summed E-state index contributed by atoms with van der Waals surface area (Å²) in [6, 6.07) is 16.7. The number of carbonyl (C=O) groups excluding carboxylic acids is 1. The van der Waals surface area contributed by atoms with E-state index in [1.807, 2.05) is 31.2 Å². The Bertz CT molecular complexity index is 748. The third-order valence-corrected chi connectivity index (χ3v) is 6.14. The maximum atomic E-state index is 10.6. The van der Waals surface area contributed by atoms with Crippen molar-refractivity contribution in [3.8, 4) is 5.75 Å². The molecule has 1 saturated carbocycles. The third-order valence-electron chi connectivity index (χ3n) is 6.14. The predicted octanol–water partition coefficient (Wildman–Crippen LogP) is 6.98. The summed E-state index contributed by atoms with van der Waals surface area (Å²) in [6.07, 6.45) is 6.57. The molecule has 0 amide bonds. The lowest BCUT2D eigenvalue weighted by Crippen LogP contribution is -2.30. The van der Waals surface area contributed by atoms with Crippen molar-refractivity contribution in [2.24, 2.45) is 5.92 Å². The molecule has 2 unspecified atom stereocenters. The average Bonchev–Trinajstić information content (AvgIpc) is 2.83. The highest BCUT2D eigenvalue weighted by Gasteiger charge is 2.25. The Morgan fingerprint density at radius 1 is 0.906 bits per heavy atom. The minimum atomic E-state index is -0.426. The number of carbonyl (C=O) groups is 1. The SMILES string of the molecule is CCC(C)c1ccc(C)cc1.Cc1ccc(OCCOC(OC=O)C2CCCCC2)cc1. The molecule has 176 valence electrons. The fourth-order valence-corrected chi connectivity index (χ4v) is 3.84. The largest absolute Gasteiger partial charge is 0.491 e. The Hall–Kier alpha value is -2.33. The number of rotatable bonds is 10. The zero-order chi connectivity index (χ0) is 23.2. The van der Waals surface area contributed by atoms with E-state index in [1.165, 1.54) is 42.4 Å². The number of aryl methyl sites for hydroxylation is 2. The number of ether oxygens (including phenoxy) is 3. The summed E-state index contributed by atoms with van der Waals surface area (Å²) in [6.45, 7) is 10.0. The quantitative estimate of drug-likeness (QED) is 0.227. The second-order valence-electron chi connectivity index (χ2n) is 8.75. The van der Waals surface area contributed by atoms with E-state index in [4.69, 9.17) is 14.2 Å². The molecule has 32 heavy (non-hydrogen) atoms. The van der Waals surface area contributed by atoms with Crippen molar-refractivity contribution in [3.63, 3.8) is 0 Å². The van der Waals surface area contributed by atoms with Crippen LogP contribution in [0.25, 0.3) is 0 Å². The van der Waals surface area contributed by atoms with Crippen molar-refractivity contribution >= 4 is 6.47 Å². The van der Waals surface area contributed by atoms with Crippen LogP contribution in [0, 0.1) is 19.8 Å². The summed E-state index contributed by atoms with van der Waals surface area (Å²) in [4.78, 5) is 10.6. The lowest BCUT2D eigenvalue weighted by molar-refractivity contribution is -0.182. The van der Waals surface area contributed by atoms with Crippen molar-refractivity contribution < 1.29 is 19.0 Å². The van der Waals surface area contributed by atoms with Gasteiger partial charge in [0.1, 0.15) is 12.4 Å². The van der Waals surface area contributed by atoms with Gasteiger partial charge in [-0.3, -0.25) is 4.79 Å². The Balaban J connectivity index is 0.000000278. The third kappa shape index (κ3) is 9.44. The monoisotopic (exact) mass is 440 g/mol. The molecule has 0 aromatic heterocycles. The van der Waals surface area contributed by atoms with Crippen LogP contribution in [-0.4, -0.2) is 26.0 Å². The lowest BCUT2D eigenvalue weighted by atomic mass is 9.89. The van der Waals surface area contributed by atoms with Crippen molar-refractivity contribution in [3.05, 3.63) is 65.2 Å². The number of benzene rings is 2. The highest BCUT2D eigenvalue weighted by Crippen LogP contribution is 2.28. The van der Waals surface area contributed by atoms with Crippen LogP contribution >= 0.6 is 0 Å². The molecular formula is C28H40O4. The van der Waals surface area contributed by atoms with E-state index in [1.54, 1.807) is 0 Å². The second-order valence-corrected chi connectivity index (χ2v) is 8.75. The van der Waals surface area contributed by atoms with Crippen LogP contribution < -0.4 is 4.74 Å². The summed E-state index contributed by atoms with van der Waals surface area (Å²) in [7, 11) is 0. The molecule has 1 aliphatic rings. The number of hydrogen-bond acceptors (Lipinski definition) is 4. The molecule has 3 rings (SSSR count). The van der Waals surface area contributed by atoms with Gasteiger partial charge < -0.3 is 14.2 Å². The number of hydrogen-bond donors (Lipinski definition) is 0. The molecule has 0 aliphatic heterocycles. The van der Waals surface area contributed by atoms with Crippen LogP contribution in [0.4, 0.5) is 0 Å². The van der Waals surface area contributed by atoms with Gasteiger partial charge >= 0.3 is 0 Å². The first-order chi connectivity index (χ1) is 15.5. The van der Waals surface area contributed by atoms with Crippen LogP contribution in [0.15, 0.2) is 48.5 Å². The molecule has 4 heteroatoms. The van der Waals surface area contributed by atoms with Crippen molar-refractivity contribution in [1.82, 2.24) is 0 Å². The molecule has 2 atom stereocenters. The first-order valence-corrected chi connectivity index (χ1v) is 12.0. The maximum absolute atomic E-state index is 10.6. The molecule has 0 bridgehead atoms. The smallest absolute Gasteiger partial charge is 0.295 e. The van der Waals surface area contributed by atoms with E-state index in [0.717, 1.165) is 18.6 Å². The van der Waals surface area contributed by atoms with E-state index in [2.05, 4.69) is 45.0 Å². The summed E-state index contributed by atoms with van der Waals surface area (Å²) in [5.74, 6) is 1.86. The van der Waals surface area contributed by atoms with Crippen LogP contribution in [-0.2, 0) is 14.3 Å². The van der Waals surface area contributed by atoms with Crippen molar-refractivity contribution in [2.45, 2.75) is 78.4 Å². The molecule has 1 aliphatic carbocycles. The van der Waals surface area contributed by atoms with Crippen LogP contribution in [0.1, 0.15) is 75.0 Å². The summed E-state index contributed by atoms with van der Waals surface area (Å²) in [5, 5.41) is 0. The highest BCUT2D eigenvalue weighted by molar-refractivity contribution is 5.37. The van der Waals surface area contributed by atoms with Gasteiger partial charge in [0, 0.05) is 5.92 Å². The molecule has 2 aromatic carbocycles. The summed E-state index contributed by atoms with van der Waals surface area (Å²) < 4.78 is 16.4. The van der Waals surface area contributed by atoms with Gasteiger partial charge in [-0.1, -0.05) is 80.6 Å². The first-order valence-electron chi connectivity index (χ1n) is 12.0. The molecule has 1 fully saturated rings. The van der Waals surface area contributed by atoms with Gasteiger partial charge in [0.25, 0.3) is 6.47 Å². The van der Waals surface area contributed by atoms with Gasteiger partial charge in [0.05, 0.1) is 6.61 Å². The molecule has 0 N–H and O–H groups in total. The zero-order valence-electron chi connectivity index (χ0n) is 20.2. The molecule has 0 saturated heterocycles. The van der Waals surface area contributed by atoms with E-state index in [-0.39, 0.29) is 0 Å². The first kappa shape index (κ1) is 25.9. The molecule has 4 nitrogen and oxygen atoms in total. The molecular weight excluding hydrogens is 400 g/mol. The molecule has 0 heterocycles. The van der Waals surface area contributed by atoms with Crippen molar-refractivity contribution in [1.29, 1.82) is 0 Å². The summed E-state index contributed by atoms with van der Waals surface area (Å²) in [5.41, 5.74) is 4.01. The van der Waals surface area contributed by atoms with E-state index < -0.39 is 6.29 Å².